The maximum absolute atomic E-state index is 12.9. The Morgan fingerprint density at radius 3 is 2.26 bits per heavy atom. The maximum atomic E-state index is 12.9. The summed E-state index contributed by atoms with van der Waals surface area (Å²) in [6.45, 7) is 8.28. The fourth-order valence-electron chi connectivity index (χ4n) is 4.83. The molecule has 0 unspecified atom stereocenters. The van der Waals surface area contributed by atoms with Crippen LogP contribution in [0.3, 0.4) is 0 Å². The summed E-state index contributed by atoms with van der Waals surface area (Å²) in [4.78, 5) is 16.9. The second-order valence-corrected chi connectivity index (χ2v) is 10.6. The molecule has 1 aromatic heterocycles. The molecule has 3 aromatic rings. The summed E-state index contributed by atoms with van der Waals surface area (Å²) >= 11 is 0. The molecule has 0 bridgehead atoms. The lowest BCUT2D eigenvalue weighted by Gasteiger charge is -2.32. The van der Waals surface area contributed by atoms with Gasteiger partial charge in [0.25, 0.3) is 0 Å². The Balaban J connectivity index is 1.30. The molecule has 38 heavy (non-hydrogen) atoms. The van der Waals surface area contributed by atoms with Crippen molar-refractivity contribution in [1.82, 2.24) is 10.3 Å². The van der Waals surface area contributed by atoms with Gasteiger partial charge in [0.1, 0.15) is 18.4 Å². The molecule has 192 valence electrons. The van der Waals surface area contributed by atoms with Crippen LogP contribution in [-0.2, 0) is 14.0 Å². The van der Waals surface area contributed by atoms with E-state index < -0.39 is 24.4 Å². The van der Waals surface area contributed by atoms with Gasteiger partial charge < -0.3 is 19.4 Å². The maximum Gasteiger partial charge on any atom is 0.492 e. The van der Waals surface area contributed by atoms with Crippen molar-refractivity contribution in [3.8, 4) is 17.2 Å². The number of rotatable bonds is 6. The summed E-state index contributed by atoms with van der Waals surface area (Å²) in [5, 5.41) is 12.1. The molecule has 7 nitrogen and oxygen atoms in total. The first kappa shape index (κ1) is 25.7. The second kappa shape index (κ2) is 10.1. The number of hydrogen-bond donors (Lipinski definition) is 1. The number of carbonyl (C=O) groups is 1. The van der Waals surface area contributed by atoms with Gasteiger partial charge in [0.2, 0.25) is 0 Å². The van der Waals surface area contributed by atoms with Crippen LogP contribution in [0.1, 0.15) is 56.0 Å². The molecule has 1 aliphatic heterocycles. The zero-order valence-electron chi connectivity index (χ0n) is 22.0. The van der Waals surface area contributed by atoms with Crippen LogP contribution in [0.5, 0.6) is 0 Å². The third-order valence-electron chi connectivity index (χ3n) is 7.59. The van der Waals surface area contributed by atoms with Gasteiger partial charge in [0.15, 0.2) is 0 Å². The highest BCUT2D eigenvalue weighted by Crippen LogP contribution is 2.44. The monoisotopic (exact) mass is 507 g/mol. The van der Waals surface area contributed by atoms with Gasteiger partial charge in [-0.25, -0.2) is 9.78 Å². The summed E-state index contributed by atoms with van der Waals surface area (Å²) in [5.41, 5.74) is 5.34. The lowest BCUT2D eigenvalue weighted by Crippen LogP contribution is -2.41. The molecule has 1 aliphatic carbocycles. The third-order valence-corrected chi connectivity index (χ3v) is 7.59. The van der Waals surface area contributed by atoms with Crippen molar-refractivity contribution in [2.75, 3.05) is 13.2 Å². The molecule has 0 saturated carbocycles. The van der Waals surface area contributed by atoms with Crippen molar-refractivity contribution in [2.45, 2.75) is 44.8 Å². The first-order valence-electron chi connectivity index (χ1n) is 12.7. The lowest BCUT2D eigenvalue weighted by molar-refractivity contribution is 0.00578. The Bertz CT molecular complexity index is 1380. The predicted molar refractivity (Wildman–Crippen MR) is 146 cm³/mol. The number of nitriles is 1. The van der Waals surface area contributed by atoms with Crippen molar-refractivity contribution in [2.24, 2.45) is 0 Å². The number of nitrogens with zero attached hydrogens (tertiary/aromatic N) is 2. The van der Waals surface area contributed by atoms with E-state index >= 15 is 0 Å². The van der Waals surface area contributed by atoms with Crippen molar-refractivity contribution in [3.63, 3.8) is 0 Å². The van der Waals surface area contributed by atoms with Crippen molar-refractivity contribution >= 4 is 19.3 Å². The highest BCUT2D eigenvalue weighted by Gasteiger charge is 2.52. The van der Waals surface area contributed by atoms with Gasteiger partial charge in [-0.05, 0) is 73.1 Å². The SMILES string of the molecule is CC1(C)OB(C(=Cc2ccnc(C#N)c2)CNC(=O)OCC2c3ccccc3-c3ccccc32)OC1(C)C. The number of fused-ring (bicyclic) bond motifs is 3. The van der Waals surface area contributed by atoms with Crippen molar-refractivity contribution < 1.29 is 18.8 Å². The summed E-state index contributed by atoms with van der Waals surface area (Å²) < 4.78 is 18.2. The number of alkyl carbamates (subject to hydrolysis) is 1. The summed E-state index contributed by atoms with van der Waals surface area (Å²) in [5.74, 6) is -0.0209. The number of nitrogens with one attached hydrogen (secondary N) is 1. The third kappa shape index (κ3) is 4.95. The molecule has 2 aliphatic rings. The molecule has 1 saturated heterocycles. The Morgan fingerprint density at radius 2 is 1.66 bits per heavy atom. The summed E-state index contributed by atoms with van der Waals surface area (Å²) in [6, 6.07) is 22.0. The molecular formula is C30H30BN3O4. The van der Waals surface area contributed by atoms with Gasteiger partial charge in [-0.2, -0.15) is 5.26 Å². The minimum atomic E-state index is -0.674. The van der Waals surface area contributed by atoms with Crippen LogP contribution in [0.25, 0.3) is 17.2 Å². The normalized spacial score (nSPS) is 17.4. The molecule has 5 rings (SSSR count). The van der Waals surface area contributed by atoms with Crippen LogP contribution in [0, 0.1) is 11.3 Å². The van der Waals surface area contributed by atoms with Crippen LogP contribution in [0.15, 0.2) is 72.3 Å². The van der Waals surface area contributed by atoms with Crippen LogP contribution in [0.2, 0.25) is 0 Å². The fraction of sp³-hybridized carbons (Fsp3) is 0.300. The highest BCUT2D eigenvalue weighted by molar-refractivity contribution is 6.56. The number of pyridine rings is 1. The van der Waals surface area contributed by atoms with E-state index in [9.17, 15) is 10.1 Å². The van der Waals surface area contributed by atoms with Gasteiger partial charge in [0, 0.05) is 18.7 Å². The number of hydrogen-bond acceptors (Lipinski definition) is 6. The molecule has 0 spiro atoms. The molecule has 2 aromatic carbocycles. The minimum absolute atomic E-state index is 0.0209. The quantitative estimate of drug-likeness (QED) is 0.443. The standard InChI is InChI=1S/C30H30BN3O4/c1-29(2)30(3,4)38-31(37-29)21(15-20-13-14-33-22(16-20)17-32)18-34-28(35)36-19-27-25-11-7-5-9-23(25)24-10-6-8-12-26(24)27/h5-16,27H,18-19H2,1-4H3,(H,34,35). The molecule has 0 radical (unpaired) electrons. The molecular weight excluding hydrogens is 477 g/mol. The number of ether oxygens (including phenoxy) is 1. The van der Waals surface area contributed by atoms with Gasteiger partial charge in [-0.3, -0.25) is 0 Å². The summed E-state index contributed by atoms with van der Waals surface area (Å²) in [6.07, 6.45) is 2.90. The average Bonchev–Trinajstić information content (AvgIpc) is 3.34. The van der Waals surface area contributed by atoms with E-state index in [1.807, 2.05) is 58.0 Å². The zero-order chi connectivity index (χ0) is 26.9. The summed E-state index contributed by atoms with van der Waals surface area (Å²) in [7, 11) is -0.674. The van der Waals surface area contributed by atoms with E-state index in [1.165, 1.54) is 11.1 Å². The van der Waals surface area contributed by atoms with Crippen LogP contribution in [0.4, 0.5) is 4.79 Å². The van der Waals surface area contributed by atoms with E-state index in [0.29, 0.717) is 11.2 Å². The topological polar surface area (TPSA) is 93.5 Å². The number of benzene rings is 2. The smallest absolute Gasteiger partial charge is 0.449 e. The molecule has 2 heterocycles. The van der Waals surface area contributed by atoms with E-state index in [-0.39, 0.29) is 19.1 Å². The van der Waals surface area contributed by atoms with Crippen LogP contribution in [-0.4, -0.2) is 42.5 Å². The number of carbonyl (C=O) groups excluding carboxylic acids is 1. The minimum Gasteiger partial charge on any atom is -0.449 e. The van der Waals surface area contributed by atoms with E-state index in [0.717, 1.165) is 16.7 Å². The molecule has 8 heteroatoms. The molecule has 1 N–H and O–H groups in total. The number of amides is 1. The first-order chi connectivity index (χ1) is 18.2. The van der Waals surface area contributed by atoms with Crippen molar-refractivity contribution in [1.29, 1.82) is 5.26 Å². The second-order valence-electron chi connectivity index (χ2n) is 10.6. The van der Waals surface area contributed by atoms with Gasteiger partial charge in [-0.1, -0.05) is 54.6 Å². The largest absolute Gasteiger partial charge is 0.492 e. The van der Waals surface area contributed by atoms with E-state index in [4.69, 9.17) is 14.0 Å². The molecule has 0 atom stereocenters. The lowest BCUT2D eigenvalue weighted by atomic mass is 9.77. The Labute approximate surface area is 223 Å². The van der Waals surface area contributed by atoms with Crippen LogP contribution < -0.4 is 5.32 Å². The predicted octanol–water partition coefficient (Wildman–Crippen LogP) is 5.51. The molecule has 1 amide bonds. The fourth-order valence-corrected chi connectivity index (χ4v) is 4.83. The highest BCUT2D eigenvalue weighted by atomic mass is 16.7. The number of aromatic nitrogens is 1. The molecule has 1 fully saturated rings. The Morgan fingerprint density at radius 1 is 1.05 bits per heavy atom. The average molecular weight is 507 g/mol. The van der Waals surface area contributed by atoms with Crippen LogP contribution >= 0.6 is 0 Å². The Hall–Kier alpha value is -3.93. The van der Waals surface area contributed by atoms with Crippen molar-refractivity contribution in [3.05, 3.63) is 94.7 Å². The Kier molecular flexibility index (Phi) is 6.83. The van der Waals surface area contributed by atoms with E-state index in [2.05, 4.69) is 40.6 Å². The zero-order valence-corrected chi connectivity index (χ0v) is 22.0. The van der Waals surface area contributed by atoms with Gasteiger partial charge in [-0.15, -0.1) is 0 Å². The van der Waals surface area contributed by atoms with Gasteiger partial charge >= 0.3 is 13.2 Å². The van der Waals surface area contributed by atoms with Gasteiger partial charge in [0.05, 0.1) is 11.2 Å². The van der Waals surface area contributed by atoms with E-state index in [1.54, 1.807) is 18.3 Å². The first-order valence-corrected chi connectivity index (χ1v) is 12.7.